The summed E-state index contributed by atoms with van der Waals surface area (Å²) in [4.78, 5) is 12.2. The van der Waals surface area contributed by atoms with Gasteiger partial charge in [-0.05, 0) is 35.4 Å². The molecule has 0 unspecified atom stereocenters. The van der Waals surface area contributed by atoms with Crippen LogP contribution in [0.5, 0.6) is 5.75 Å². The largest absolute Gasteiger partial charge is 0.508 e. The Labute approximate surface area is 147 Å². The van der Waals surface area contributed by atoms with E-state index in [1.54, 1.807) is 24.3 Å². The number of amides is 1. The molecule has 0 atom stereocenters. The maximum atomic E-state index is 12.2. The van der Waals surface area contributed by atoms with Crippen molar-refractivity contribution in [3.8, 4) is 5.75 Å². The molecular weight excluding hydrogens is 312 g/mol. The number of rotatable bonds is 6. The minimum Gasteiger partial charge on any atom is -0.508 e. The fourth-order valence-corrected chi connectivity index (χ4v) is 2.66. The van der Waals surface area contributed by atoms with Crippen molar-refractivity contribution in [1.29, 1.82) is 0 Å². The standard InChI is InChI=1S/C21H20N2O2/c24-19-13-11-18(12-14-19)23-20(25)15-22-21(16-7-3-1-4-8-16)17-9-5-2-6-10-17/h1-14,21-22,24H,15H2,(H,23,25). The van der Waals surface area contributed by atoms with E-state index in [2.05, 4.69) is 10.6 Å². The van der Waals surface area contributed by atoms with Gasteiger partial charge in [0.1, 0.15) is 5.75 Å². The molecule has 0 aliphatic rings. The lowest BCUT2D eigenvalue weighted by molar-refractivity contribution is -0.115. The zero-order valence-corrected chi connectivity index (χ0v) is 13.7. The average Bonchev–Trinajstić information content (AvgIpc) is 2.66. The van der Waals surface area contributed by atoms with Gasteiger partial charge < -0.3 is 10.4 Å². The Morgan fingerprint density at radius 1 is 0.800 bits per heavy atom. The second kappa shape index (κ2) is 8.13. The van der Waals surface area contributed by atoms with E-state index >= 15 is 0 Å². The second-order valence-corrected chi connectivity index (χ2v) is 5.73. The SMILES string of the molecule is O=C(CNC(c1ccccc1)c1ccccc1)Nc1ccc(O)cc1. The molecule has 126 valence electrons. The smallest absolute Gasteiger partial charge is 0.238 e. The van der Waals surface area contributed by atoms with Crippen LogP contribution in [0.25, 0.3) is 0 Å². The minimum atomic E-state index is -0.137. The van der Waals surface area contributed by atoms with Crippen molar-refractivity contribution in [2.45, 2.75) is 6.04 Å². The third-order valence-electron chi connectivity index (χ3n) is 3.88. The average molecular weight is 332 g/mol. The highest BCUT2D eigenvalue weighted by atomic mass is 16.3. The fourth-order valence-electron chi connectivity index (χ4n) is 2.66. The molecular formula is C21H20N2O2. The molecule has 0 spiro atoms. The van der Waals surface area contributed by atoms with Crippen molar-refractivity contribution in [3.05, 3.63) is 96.1 Å². The number of phenolic OH excluding ortho intramolecular Hbond substituents is 1. The van der Waals surface area contributed by atoms with Gasteiger partial charge in [-0.15, -0.1) is 0 Å². The van der Waals surface area contributed by atoms with Crippen LogP contribution in [0, 0.1) is 0 Å². The van der Waals surface area contributed by atoms with Gasteiger partial charge in [0.25, 0.3) is 0 Å². The molecule has 4 nitrogen and oxygen atoms in total. The van der Waals surface area contributed by atoms with Crippen molar-refractivity contribution in [3.63, 3.8) is 0 Å². The van der Waals surface area contributed by atoms with Gasteiger partial charge in [0.2, 0.25) is 5.91 Å². The van der Waals surface area contributed by atoms with Crippen LogP contribution in [-0.4, -0.2) is 17.6 Å². The lowest BCUT2D eigenvalue weighted by Gasteiger charge is -2.19. The van der Waals surface area contributed by atoms with Crippen molar-refractivity contribution in [2.24, 2.45) is 0 Å². The number of carbonyl (C=O) groups excluding carboxylic acids is 1. The van der Waals surface area contributed by atoms with Gasteiger partial charge >= 0.3 is 0 Å². The van der Waals surface area contributed by atoms with E-state index in [-0.39, 0.29) is 24.2 Å². The summed E-state index contributed by atoms with van der Waals surface area (Å²) in [6.45, 7) is 0.176. The Balaban J connectivity index is 1.68. The number of nitrogens with one attached hydrogen (secondary N) is 2. The maximum Gasteiger partial charge on any atom is 0.238 e. The molecule has 1 amide bonds. The van der Waals surface area contributed by atoms with E-state index in [4.69, 9.17) is 0 Å². The highest BCUT2D eigenvalue weighted by molar-refractivity contribution is 5.92. The van der Waals surface area contributed by atoms with Gasteiger partial charge in [0.05, 0.1) is 12.6 Å². The first kappa shape index (κ1) is 16.7. The zero-order valence-electron chi connectivity index (χ0n) is 13.7. The molecule has 3 aromatic carbocycles. The Bertz CT molecular complexity index is 763. The molecule has 0 saturated heterocycles. The van der Waals surface area contributed by atoms with Gasteiger partial charge in [0.15, 0.2) is 0 Å². The first-order chi connectivity index (χ1) is 12.2. The van der Waals surface area contributed by atoms with Crippen molar-refractivity contribution in [2.75, 3.05) is 11.9 Å². The summed E-state index contributed by atoms with van der Waals surface area (Å²) in [5, 5.41) is 15.4. The third-order valence-corrected chi connectivity index (χ3v) is 3.88. The molecule has 0 heterocycles. The van der Waals surface area contributed by atoms with Crippen molar-refractivity contribution in [1.82, 2.24) is 5.32 Å². The highest BCUT2D eigenvalue weighted by Crippen LogP contribution is 2.21. The van der Waals surface area contributed by atoms with Crippen LogP contribution in [0.15, 0.2) is 84.9 Å². The van der Waals surface area contributed by atoms with Crippen molar-refractivity contribution < 1.29 is 9.90 Å². The van der Waals surface area contributed by atoms with Crippen molar-refractivity contribution >= 4 is 11.6 Å². The van der Waals surface area contributed by atoms with E-state index in [0.717, 1.165) is 11.1 Å². The Morgan fingerprint density at radius 2 is 1.32 bits per heavy atom. The number of carbonyl (C=O) groups is 1. The normalized spacial score (nSPS) is 10.6. The topological polar surface area (TPSA) is 61.4 Å². The van der Waals surface area contributed by atoms with Gasteiger partial charge in [-0.25, -0.2) is 0 Å². The summed E-state index contributed by atoms with van der Waals surface area (Å²) in [7, 11) is 0. The molecule has 4 heteroatoms. The lowest BCUT2D eigenvalue weighted by atomic mass is 9.99. The number of phenols is 1. The second-order valence-electron chi connectivity index (χ2n) is 5.73. The van der Waals surface area contributed by atoms with E-state index in [1.807, 2.05) is 60.7 Å². The molecule has 0 aliphatic carbocycles. The van der Waals surface area contributed by atoms with E-state index < -0.39 is 0 Å². The third kappa shape index (κ3) is 4.68. The van der Waals surface area contributed by atoms with E-state index in [0.29, 0.717) is 5.69 Å². The van der Waals surface area contributed by atoms with Gasteiger partial charge in [0, 0.05) is 5.69 Å². The monoisotopic (exact) mass is 332 g/mol. The van der Waals surface area contributed by atoms with Crippen LogP contribution in [0.2, 0.25) is 0 Å². The molecule has 0 radical (unpaired) electrons. The molecule has 0 bridgehead atoms. The number of hydrogen-bond acceptors (Lipinski definition) is 3. The molecule has 25 heavy (non-hydrogen) atoms. The summed E-state index contributed by atoms with van der Waals surface area (Å²) in [6, 6.07) is 26.4. The lowest BCUT2D eigenvalue weighted by Crippen LogP contribution is -2.31. The van der Waals surface area contributed by atoms with Crippen LogP contribution in [0.1, 0.15) is 17.2 Å². The quantitative estimate of drug-likeness (QED) is 0.603. The summed E-state index contributed by atoms with van der Waals surface area (Å²) in [6.07, 6.45) is 0. The number of aromatic hydroxyl groups is 1. The number of anilines is 1. The molecule has 0 saturated carbocycles. The van der Waals surface area contributed by atoms with Crippen LogP contribution in [0.3, 0.4) is 0 Å². The summed E-state index contributed by atoms with van der Waals surface area (Å²) < 4.78 is 0. The fraction of sp³-hybridized carbons (Fsp3) is 0.0952. The summed E-state index contributed by atoms with van der Waals surface area (Å²) in [5.41, 5.74) is 2.86. The zero-order chi connectivity index (χ0) is 17.5. The first-order valence-electron chi connectivity index (χ1n) is 8.14. The predicted molar refractivity (Wildman–Crippen MR) is 99.5 cm³/mol. The summed E-state index contributed by atoms with van der Waals surface area (Å²) >= 11 is 0. The van der Waals surface area contributed by atoms with Crippen LogP contribution < -0.4 is 10.6 Å². The van der Waals surface area contributed by atoms with Crippen LogP contribution in [0.4, 0.5) is 5.69 Å². The Hall–Kier alpha value is -3.11. The maximum absolute atomic E-state index is 12.2. The van der Waals surface area contributed by atoms with Gasteiger partial charge in [-0.1, -0.05) is 60.7 Å². The molecule has 0 aliphatic heterocycles. The van der Waals surface area contributed by atoms with Crippen LogP contribution >= 0.6 is 0 Å². The molecule has 0 fully saturated rings. The molecule has 3 rings (SSSR count). The van der Waals surface area contributed by atoms with E-state index in [1.165, 1.54) is 0 Å². The highest BCUT2D eigenvalue weighted by Gasteiger charge is 2.14. The minimum absolute atomic E-state index is 0.0621. The van der Waals surface area contributed by atoms with E-state index in [9.17, 15) is 9.90 Å². The molecule has 3 aromatic rings. The molecule has 0 aromatic heterocycles. The van der Waals surface area contributed by atoms with Crippen LogP contribution in [-0.2, 0) is 4.79 Å². The molecule has 3 N–H and O–H groups in total. The first-order valence-corrected chi connectivity index (χ1v) is 8.14. The van der Waals surface area contributed by atoms with Gasteiger partial charge in [-0.2, -0.15) is 0 Å². The number of hydrogen-bond donors (Lipinski definition) is 3. The van der Waals surface area contributed by atoms with Gasteiger partial charge in [-0.3, -0.25) is 10.1 Å². The Kier molecular flexibility index (Phi) is 5.44. The Morgan fingerprint density at radius 3 is 1.84 bits per heavy atom. The predicted octanol–water partition coefficient (Wildman–Crippen LogP) is 3.71. The number of benzene rings is 3. The summed E-state index contributed by atoms with van der Waals surface area (Å²) in [5.74, 6) is 0.0342.